The number of piperidine rings is 1. The van der Waals surface area contributed by atoms with Crippen LogP contribution in [0.2, 0.25) is 10.0 Å². The predicted octanol–water partition coefficient (Wildman–Crippen LogP) is 5.65. The number of hydroxylamine groups is 1. The number of likely N-dealkylation sites (tertiary alicyclic amines) is 1. The van der Waals surface area contributed by atoms with Crippen molar-refractivity contribution in [2.24, 2.45) is 5.41 Å². The first-order valence-corrected chi connectivity index (χ1v) is 12.8. The molecule has 4 rings (SSSR count). The molecule has 6 nitrogen and oxygen atoms in total. The largest absolute Gasteiger partial charge is 0.497 e. The van der Waals surface area contributed by atoms with Crippen LogP contribution in [0, 0.1) is 23.1 Å². The number of aryl methyl sites for hydroxylation is 1. The number of carbonyl (C=O) groups excluding carboxylic acids is 1. The van der Waals surface area contributed by atoms with Crippen molar-refractivity contribution in [2.45, 2.75) is 32.1 Å². The maximum Gasteiger partial charge on any atom is 0.249 e. The van der Waals surface area contributed by atoms with Gasteiger partial charge in [0.05, 0.1) is 34.6 Å². The molecule has 194 valence electrons. The molecule has 0 atom stereocenters. The summed E-state index contributed by atoms with van der Waals surface area (Å²) in [4.78, 5) is 19.3. The van der Waals surface area contributed by atoms with E-state index in [4.69, 9.17) is 27.9 Å². The van der Waals surface area contributed by atoms with Gasteiger partial charge in [-0.25, -0.2) is 9.87 Å². The number of carbonyl (C=O) groups is 1. The van der Waals surface area contributed by atoms with Crippen LogP contribution >= 0.6 is 23.2 Å². The summed E-state index contributed by atoms with van der Waals surface area (Å²) in [6.07, 6.45) is 4.85. The van der Waals surface area contributed by atoms with E-state index in [2.05, 4.69) is 21.7 Å². The zero-order valence-corrected chi connectivity index (χ0v) is 22.0. The Labute approximate surface area is 225 Å². The second-order valence-electron chi connectivity index (χ2n) is 9.25. The number of ether oxygens (including phenoxy) is 1. The molecule has 9 heteroatoms. The van der Waals surface area contributed by atoms with Gasteiger partial charge < -0.3 is 4.74 Å². The topological polar surface area (TPSA) is 74.7 Å². The summed E-state index contributed by atoms with van der Waals surface area (Å²) in [6, 6.07) is 10.1. The normalized spacial score (nSPS) is 15.2. The highest BCUT2D eigenvalue weighted by Crippen LogP contribution is 2.38. The Hall–Kier alpha value is -2.89. The lowest BCUT2D eigenvalue weighted by Crippen LogP contribution is -2.48. The first-order chi connectivity index (χ1) is 17.8. The van der Waals surface area contributed by atoms with Gasteiger partial charge in [0, 0.05) is 30.2 Å². The SMILES string of the molecule is COc1ccc2ncc(Cl)c(CCCC3(C(=O)NO)CCN(CC#Cc4ccc(F)c(Cl)c4)CC3)c2c1. The Bertz CT molecular complexity index is 1350. The smallest absolute Gasteiger partial charge is 0.249 e. The molecule has 0 aliphatic carbocycles. The molecular formula is C28H28Cl2FN3O3. The van der Waals surface area contributed by atoms with Crippen molar-refractivity contribution in [3.05, 3.63) is 69.6 Å². The number of pyridine rings is 1. The van der Waals surface area contributed by atoms with Gasteiger partial charge in [0.25, 0.3) is 0 Å². The van der Waals surface area contributed by atoms with E-state index in [-0.39, 0.29) is 10.9 Å². The van der Waals surface area contributed by atoms with Crippen LogP contribution in [0.1, 0.15) is 36.8 Å². The van der Waals surface area contributed by atoms with E-state index in [9.17, 15) is 14.4 Å². The van der Waals surface area contributed by atoms with Gasteiger partial charge in [0.2, 0.25) is 5.91 Å². The molecule has 0 saturated carbocycles. The molecule has 1 aliphatic heterocycles. The fourth-order valence-electron chi connectivity index (χ4n) is 4.86. The van der Waals surface area contributed by atoms with Crippen molar-refractivity contribution in [1.29, 1.82) is 0 Å². The fourth-order valence-corrected chi connectivity index (χ4v) is 5.29. The number of rotatable bonds is 7. The number of methoxy groups -OCH3 is 1. The average molecular weight is 544 g/mol. The van der Waals surface area contributed by atoms with Gasteiger partial charge in [-0.1, -0.05) is 35.0 Å². The maximum atomic E-state index is 13.3. The molecule has 0 unspecified atom stereocenters. The van der Waals surface area contributed by atoms with E-state index < -0.39 is 11.2 Å². The second-order valence-corrected chi connectivity index (χ2v) is 10.1. The number of fused-ring (bicyclic) bond motifs is 1. The zero-order valence-electron chi connectivity index (χ0n) is 20.5. The summed E-state index contributed by atoms with van der Waals surface area (Å²) >= 11 is 12.3. The Morgan fingerprint density at radius 1 is 1.22 bits per heavy atom. The molecule has 2 heterocycles. The van der Waals surface area contributed by atoms with Crippen LogP contribution in [0.25, 0.3) is 10.9 Å². The standard InChI is InChI=1S/C28H28Cl2FN3O3/c1-37-20-7-9-26-22(17-20)21(24(30)18-32-26)5-2-10-28(27(35)33-36)11-14-34(15-12-28)13-3-4-19-6-8-25(31)23(29)16-19/h6-9,16-18,36H,2,5,10-15H2,1H3,(H,33,35). The van der Waals surface area contributed by atoms with E-state index in [1.807, 2.05) is 23.7 Å². The minimum atomic E-state index is -0.670. The summed E-state index contributed by atoms with van der Waals surface area (Å²) < 4.78 is 18.7. The molecule has 1 amide bonds. The molecule has 0 radical (unpaired) electrons. The highest BCUT2D eigenvalue weighted by molar-refractivity contribution is 6.32. The molecule has 1 aromatic heterocycles. The average Bonchev–Trinajstić information content (AvgIpc) is 2.92. The van der Waals surface area contributed by atoms with Crippen LogP contribution in [0.3, 0.4) is 0 Å². The van der Waals surface area contributed by atoms with Crippen molar-refractivity contribution >= 4 is 40.0 Å². The molecule has 2 N–H and O–H groups in total. The van der Waals surface area contributed by atoms with Crippen LogP contribution in [0.4, 0.5) is 4.39 Å². The van der Waals surface area contributed by atoms with Gasteiger partial charge >= 0.3 is 0 Å². The van der Waals surface area contributed by atoms with Crippen molar-refractivity contribution in [2.75, 3.05) is 26.7 Å². The number of nitrogens with zero attached hydrogens (tertiary/aromatic N) is 2. The van der Waals surface area contributed by atoms with Gasteiger partial charge in [-0.3, -0.25) is 19.9 Å². The number of halogens is 3. The van der Waals surface area contributed by atoms with E-state index in [1.54, 1.807) is 19.4 Å². The number of benzene rings is 2. The minimum Gasteiger partial charge on any atom is -0.497 e. The second kappa shape index (κ2) is 12.1. The summed E-state index contributed by atoms with van der Waals surface area (Å²) in [5, 5.41) is 11.0. The Balaban J connectivity index is 1.39. The molecule has 1 saturated heterocycles. The predicted molar refractivity (Wildman–Crippen MR) is 143 cm³/mol. The number of nitrogens with one attached hydrogen (secondary N) is 1. The highest BCUT2D eigenvalue weighted by atomic mass is 35.5. The van der Waals surface area contributed by atoms with Gasteiger partial charge in [-0.2, -0.15) is 0 Å². The summed E-state index contributed by atoms with van der Waals surface area (Å²) in [7, 11) is 1.62. The summed E-state index contributed by atoms with van der Waals surface area (Å²) in [5.41, 5.74) is 3.67. The monoisotopic (exact) mass is 543 g/mol. The molecule has 0 spiro atoms. The molecule has 37 heavy (non-hydrogen) atoms. The number of aromatic nitrogens is 1. The fraction of sp³-hybridized carbons (Fsp3) is 0.357. The van der Waals surface area contributed by atoms with Crippen LogP contribution in [-0.4, -0.2) is 47.7 Å². The van der Waals surface area contributed by atoms with Crippen molar-refractivity contribution in [3.8, 4) is 17.6 Å². The molecule has 0 bridgehead atoms. The molecular weight excluding hydrogens is 516 g/mol. The van der Waals surface area contributed by atoms with Crippen LogP contribution in [0.5, 0.6) is 5.75 Å². The third-order valence-corrected chi connectivity index (χ3v) is 7.68. The molecule has 3 aromatic rings. The van der Waals surface area contributed by atoms with Gasteiger partial charge in [-0.15, -0.1) is 0 Å². The third-order valence-electron chi connectivity index (χ3n) is 7.07. The molecule has 1 aliphatic rings. The summed E-state index contributed by atoms with van der Waals surface area (Å²) in [5.74, 6) is 6.01. The van der Waals surface area contributed by atoms with Crippen molar-refractivity contribution in [1.82, 2.24) is 15.4 Å². The maximum absolute atomic E-state index is 13.3. The van der Waals surface area contributed by atoms with Crippen LogP contribution in [0.15, 0.2) is 42.6 Å². The lowest BCUT2D eigenvalue weighted by atomic mass is 9.73. The van der Waals surface area contributed by atoms with Crippen LogP contribution in [-0.2, 0) is 11.2 Å². The molecule has 1 fully saturated rings. The van der Waals surface area contributed by atoms with E-state index in [0.29, 0.717) is 62.3 Å². The molecule has 2 aromatic carbocycles. The minimum absolute atomic E-state index is 0.0461. The van der Waals surface area contributed by atoms with Gasteiger partial charge in [0.1, 0.15) is 11.6 Å². The lowest BCUT2D eigenvalue weighted by Gasteiger charge is -2.39. The highest BCUT2D eigenvalue weighted by Gasteiger charge is 2.40. The van der Waals surface area contributed by atoms with Gasteiger partial charge in [0.15, 0.2) is 0 Å². The Kier molecular flexibility index (Phi) is 8.88. The van der Waals surface area contributed by atoms with Crippen molar-refractivity contribution in [3.63, 3.8) is 0 Å². The zero-order chi connectivity index (χ0) is 26.4. The lowest BCUT2D eigenvalue weighted by molar-refractivity contribution is -0.143. The number of hydrogen-bond acceptors (Lipinski definition) is 5. The van der Waals surface area contributed by atoms with E-state index in [1.165, 1.54) is 12.1 Å². The first kappa shape index (κ1) is 27.2. The Morgan fingerprint density at radius 2 is 2.00 bits per heavy atom. The van der Waals surface area contributed by atoms with Crippen LogP contribution < -0.4 is 10.2 Å². The van der Waals surface area contributed by atoms with E-state index in [0.717, 1.165) is 22.2 Å². The number of hydrogen-bond donors (Lipinski definition) is 2. The van der Waals surface area contributed by atoms with Crippen molar-refractivity contribution < 1.29 is 19.1 Å². The quantitative estimate of drug-likeness (QED) is 0.229. The third kappa shape index (κ3) is 6.34. The van der Waals surface area contributed by atoms with E-state index >= 15 is 0 Å². The van der Waals surface area contributed by atoms with Gasteiger partial charge in [-0.05, 0) is 74.1 Å². The number of amides is 1. The first-order valence-electron chi connectivity index (χ1n) is 12.1. The summed E-state index contributed by atoms with van der Waals surface area (Å²) in [6.45, 7) is 1.86. The Morgan fingerprint density at radius 3 is 2.70 bits per heavy atom.